The SMILES string of the molecule is CCCC[C@H](CC)COc1cc(/C=C/c2ccccc2)c(OC[C@@H](CC)CCCC)cc1C=O. The number of aldehydes is 1. The topological polar surface area (TPSA) is 35.5 Å². The Morgan fingerprint density at radius 1 is 0.735 bits per heavy atom. The number of hydrogen-bond donors (Lipinski definition) is 0. The predicted octanol–water partition coefficient (Wildman–Crippen LogP) is 8.86. The summed E-state index contributed by atoms with van der Waals surface area (Å²) in [5.74, 6) is 2.41. The van der Waals surface area contributed by atoms with Crippen molar-refractivity contribution in [3.05, 3.63) is 59.2 Å². The first-order valence-corrected chi connectivity index (χ1v) is 13.3. The van der Waals surface area contributed by atoms with Gasteiger partial charge in [0.1, 0.15) is 11.5 Å². The summed E-state index contributed by atoms with van der Waals surface area (Å²) >= 11 is 0. The van der Waals surface area contributed by atoms with Crippen LogP contribution in [0.3, 0.4) is 0 Å². The fourth-order valence-electron chi connectivity index (χ4n) is 4.03. The van der Waals surface area contributed by atoms with Gasteiger partial charge in [0.05, 0.1) is 18.8 Å². The van der Waals surface area contributed by atoms with E-state index in [0.29, 0.717) is 36.4 Å². The predicted molar refractivity (Wildman–Crippen MR) is 145 cm³/mol. The monoisotopic (exact) mass is 464 g/mol. The molecule has 0 aliphatic heterocycles. The molecule has 0 bridgehead atoms. The van der Waals surface area contributed by atoms with E-state index < -0.39 is 0 Å². The number of carbonyl (C=O) groups excluding carboxylic acids is 1. The van der Waals surface area contributed by atoms with Crippen LogP contribution in [0.4, 0.5) is 0 Å². The molecule has 0 N–H and O–H groups in total. The lowest BCUT2D eigenvalue weighted by Crippen LogP contribution is -2.13. The Bertz CT molecular complexity index is 856. The second kappa shape index (κ2) is 16.1. The Hall–Kier alpha value is -2.55. The molecule has 0 saturated carbocycles. The van der Waals surface area contributed by atoms with Gasteiger partial charge in [0.2, 0.25) is 0 Å². The second-order valence-electron chi connectivity index (χ2n) is 9.24. The molecule has 3 heteroatoms. The fraction of sp³-hybridized carbons (Fsp3) is 0.516. The number of unbranched alkanes of at least 4 members (excludes halogenated alkanes) is 2. The third-order valence-corrected chi connectivity index (χ3v) is 6.56. The minimum atomic E-state index is 0.502. The Labute approximate surface area is 207 Å². The molecule has 2 aromatic carbocycles. The molecule has 0 radical (unpaired) electrons. The lowest BCUT2D eigenvalue weighted by Gasteiger charge is -2.20. The molecular weight excluding hydrogens is 420 g/mol. The maximum atomic E-state index is 11.9. The normalized spacial score (nSPS) is 13.1. The van der Waals surface area contributed by atoms with Crippen molar-refractivity contribution in [3.63, 3.8) is 0 Å². The molecule has 0 saturated heterocycles. The summed E-state index contributed by atoms with van der Waals surface area (Å²) in [5.41, 5.74) is 2.62. The maximum absolute atomic E-state index is 11.9. The average Bonchev–Trinajstić information content (AvgIpc) is 2.88. The van der Waals surface area contributed by atoms with Crippen molar-refractivity contribution in [2.75, 3.05) is 13.2 Å². The van der Waals surface area contributed by atoms with Gasteiger partial charge in [-0.1, -0.05) is 109 Å². The van der Waals surface area contributed by atoms with Crippen LogP contribution in [-0.4, -0.2) is 19.5 Å². The van der Waals surface area contributed by atoms with E-state index in [4.69, 9.17) is 9.47 Å². The average molecular weight is 465 g/mol. The van der Waals surface area contributed by atoms with E-state index in [1.807, 2.05) is 30.3 Å². The number of carbonyl (C=O) groups is 1. The molecule has 0 aliphatic rings. The summed E-state index contributed by atoms with van der Waals surface area (Å²) in [6.07, 6.45) is 14.3. The van der Waals surface area contributed by atoms with Crippen LogP contribution >= 0.6 is 0 Å². The summed E-state index contributed by atoms with van der Waals surface area (Å²) < 4.78 is 12.5. The largest absolute Gasteiger partial charge is 0.493 e. The molecule has 34 heavy (non-hydrogen) atoms. The fourth-order valence-corrected chi connectivity index (χ4v) is 4.03. The first-order valence-electron chi connectivity index (χ1n) is 13.3. The highest BCUT2D eigenvalue weighted by Gasteiger charge is 2.15. The van der Waals surface area contributed by atoms with Gasteiger partial charge in [-0.2, -0.15) is 0 Å². The summed E-state index contributed by atoms with van der Waals surface area (Å²) in [6.45, 7) is 10.2. The van der Waals surface area contributed by atoms with Crippen LogP contribution in [0.25, 0.3) is 12.2 Å². The van der Waals surface area contributed by atoms with E-state index in [1.54, 1.807) is 0 Å². The lowest BCUT2D eigenvalue weighted by atomic mass is 10.00. The molecule has 0 fully saturated rings. The molecule has 186 valence electrons. The molecule has 0 amide bonds. The molecule has 2 atom stereocenters. The van der Waals surface area contributed by atoms with Gasteiger partial charge in [-0.05, 0) is 42.4 Å². The van der Waals surface area contributed by atoms with Crippen molar-refractivity contribution in [1.29, 1.82) is 0 Å². The highest BCUT2D eigenvalue weighted by Crippen LogP contribution is 2.31. The quantitative estimate of drug-likeness (QED) is 0.173. The van der Waals surface area contributed by atoms with Gasteiger partial charge in [0.25, 0.3) is 0 Å². The third-order valence-electron chi connectivity index (χ3n) is 6.56. The first-order chi connectivity index (χ1) is 16.6. The summed E-state index contributed by atoms with van der Waals surface area (Å²) in [5, 5.41) is 0. The van der Waals surface area contributed by atoms with Gasteiger partial charge in [-0.3, -0.25) is 4.79 Å². The van der Waals surface area contributed by atoms with Crippen LogP contribution in [0.2, 0.25) is 0 Å². The summed E-state index contributed by atoms with van der Waals surface area (Å²) in [6, 6.07) is 14.0. The van der Waals surface area contributed by atoms with Gasteiger partial charge >= 0.3 is 0 Å². The highest BCUT2D eigenvalue weighted by molar-refractivity contribution is 5.83. The Kier molecular flexibility index (Phi) is 13.1. The highest BCUT2D eigenvalue weighted by atomic mass is 16.5. The Balaban J connectivity index is 2.29. The van der Waals surface area contributed by atoms with E-state index in [9.17, 15) is 4.79 Å². The molecule has 0 aliphatic carbocycles. The number of hydrogen-bond acceptors (Lipinski definition) is 3. The van der Waals surface area contributed by atoms with Crippen molar-refractivity contribution in [1.82, 2.24) is 0 Å². The molecular formula is C31H44O3. The van der Waals surface area contributed by atoms with Crippen LogP contribution in [0, 0.1) is 11.8 Å². The zero-order chi connectivity index (χ0) is 24.6. The molecule has 0 spiro atoms. The molecule has 0 aromatic heterocycles. The zero-order valence-corrected chi connectivity index (χ0v) is 21.7. The van der Waals surface area contributed by atoms with Crippen LogP contribution in [-0.2, 0) is 0 Å². The van der Waals surface area contributed by atoms with Crippen LogP contribution < -0.4 is 9.47 Å². The summed E-state index contributed by atoms with van der Waals surface area (Å²) in [4.78, 5) is 11.9. The van der Waals surface area contributed by atoms with Crippen LogP contribution in [0.5, 0.6) is 11.5 Å². The second-order valence-corrected chi connectivity index (χ2v) is 9.24. The van der Waals surface area contributed by atoms with Gasteiger partial charge < -0.3 is 9.47 Å². The molecule has 0 unspecified atom stereocenters. The van der Waals surface area contributed by atoms with Crippen molar-refractivity contribution < 1.29 is 14.3 Å². The maximum Gasteiger partial charge on any atom is 0.153 e. The zero-order valence-electron chi connectivity index (χ0n) is 21.7. The minimum absolute atomic E-state index is 0.502. The smallest absolute Gasteiger partial charge is 0.153 e. The van der Waals surface area contributed by atoms with Crippen molar-refractivity contribution in [2.24, 2.45) is 11.8 Å². The van der Waals surface area contributed by atoms with Gasteiger partial charge in [0.15, 0.2) is 6.29 Å². The van der Waals surface area contributed by atoms with Crippen molar-refractivity contribution >= 4 is 18.4 Å². The molecule has 3 nitrogen and oxygen atoms in total. The number of ether oxygens (including phenoxy) is 2. The van der Waals surface area contributed by atoms with E-state index in [2.05, 4.69) is 52.0 Å². The lowest BCUT2D eigenvalue weighted by molar-refractivity contribution is 0.111. The van der Waals surface area contributed by atoms with E-state index in [1.165, 1.54) is 32.1 Å². The first kappa shape index (κ1) is 27.7. The Morgan fingerprint density at radius 2 is 1.26 bits per heavy atom. The van der Waals surface area contributed by atoms with E-state index in [0.717, 1.165) is 42.4 Å². The molecule has 0 heterocycles. The van der Waals surface area contributed by atoms with Gasteiger partial charge in [-0.25, -0.2) is 0 Å². The Morgan fingerprint density at radius 3 is 1.76 bits per heavy atom. The molecule has 2 rings (SSSR count). The van der Waals surface area contributed by atoms with Crippen LogP contribution in [0.1, 0.15) is 101 Å². The number of benzene rings is 2. The van der Waals surface area contributed by atoms with Gasteiger partial charge in [-0.15, -0.1) is 0 Å². The van der Waals surface area contributed by atoms with Crippen LogP contribution in [0.15, 0.2) is 42.5 Å². The third kappa shape index (κ3) is 9.37. The minimum Gasteiger partial charge on any atom is -0.493 e. The van der Waals surface area contributed by atoms with E-state index in [-0.39, 0.29) is 0 Å². The summed E-state index contributed by atoms with van der Waals surface area (Å²) in [7, 11) is 0. The van der Waals surface area contributed by atoms with E-state index >= 15 is 0 Å². The standard InChI is InChI=1S/C31H44O3/c1-5-9-14-25(7-3)23-33-30-21-29(22-32)31(34-24-26(8-4)15-10-6-2)20-28(30)19-18-27-16-12-11-13-17-27/h11-13,16-22,25-26H,5-10,14-15,23-24H2,1-4H3/b19-18+/t25-,26-/m0/s1. The molecule has 2 aromatic rings. The van der Waals surface area contributed by atoms with Crippen molar-refractivity contribution in [2.45, 2.75) is 79.1 Å². The van der Waals surface area contributed by atoms with Crippen molar-refractivity contribution in [3.8, 4) is 11.5 Å². The van der Waals surface area contributed by atoms with Gasteiger partial charge in [0, 0.05) is 5.56 Å². The number of rotatable bonds is 17.